The van der Waals surface area contributed by atoms with E-state index < -0.39 is 0 Å². The van der Waals surface area contributed by atoms with Crippen molar-refractivity contribution in [3.05, 3.63) is 12.7 Å². The summed E-state index contributed by atoms with van der Waals surface area (Å²) in [7, 11) is 0. The van der Waals surface area contributed by atoms with E-state index in [0.717, 1.165) is 26.1 Å². The van der Waals surface area contributed by atoms with Gasteiger partial charge in [0.1, 0.15) is 0 Å². The fourth-order valence-corrected chi connectivity index (χ4v) is 1.49. The van der Waals surface area contributed by atoms with Gasteiger partial charge in [0.25, 0.3) is 0 Å². The molecule has 0 aromatic heterocycles. The fraction of sp³-hybridized carbons (Fsp3) is 0.750. The number of hydrogen-bond donors (Lipinski definition) is 0. The summed E-state index contributed by atoms with van der Waals surface area (Å²) in [5, 5.41) is 0. The summed E-state index contributed by atoms with van der Waals surface area (Å²) in [4.78, 5) is 13.2. The molecule has 15 heavy (non-hydrogen) atoms. The Morgan fingerprint density at radius 1 is 1.27 bits per heavy atom. The number of esters is 1. The Labute approximate surface area is 93.1 Å². The van der Waals surface area contributed by atoms with Crippen LogP contribution in [-0.2, 0) is 9.53 Å². The van der Waals surface area contributed by atoms with Gasteiger partial charge in [-0.1, -0.05) is 20.4 Å². The van der Waals surface area contributed by atoms with Gasteiger partial charge < -0.3 is 9.64 Å². The highest BCUT2D eigenvalue weighted by Crippen LogP contribution is 1.96. The highest BCUT2D eigenvalue weighted by molar-refractivity contribution is 5.81. The van der Waals surface area contributed by atoms with Crippen LogP contribution in [0, 0.1) is 0 Å². The van der Waals surface area contributed by atoms with Crippen molar-refractivity contribution >= 4 is 5.97 Å². The third-order valence-electron chi connectivity index (χ3n) is 2.11. The second kappa shape index (κ2) is 9.71. The molecule has 0 saturated carbocycles. The predicted molar refractivity (Wildman–Crippen MR) is 62.8 cm³/mol. The van der Waals surface area contributed by atoms with Crippen LogP contribution in [0.1, 0.15) is 33.1 Å². The van der Waals surface area contributed by atoms with Crippen molar-refractivity contribution in [2.24, 2.45) is 0 Å². The predicted octanol–water partition coefficient (Wildman–Crippen LogP) is 2.23. The van der Waals surface area contributed by atoms with Crippen LogP contribution in [0.2, 0.25) is 0 Å². The van der Waals surface area contributed by atoms with Gasteiger partial charge in [0.2, 0.25) is 0 Å². The third kappa shape index (κ3) is 8.18. The first-order valence-corrected chi connectivity index (χ1v) is 5.76. The summed E-state index contributed by atoms with van der Waals surface area (Å²) in [5.41, 5.74) is 0. The lowest BCUT2D eigenvalue weighted by molar-refractivity contribution is -0.137. The van der Waals surface area contributed by atoms with E-state index >= 15 is 0 Å². The quantitative estimate of drug-likeness (QED) is 0.334. The molecule has 0 aliphatic heterocycles. The Hall–Kier alpha value is -0.830. The molecule has 0 fully saturated rings. The molecular weight excluding hydrogens is 190 g/mol. The lowest BCUT2D eigenvalue weighted by Crippen LogP contribution is -2.27. The molecule has 0 rings (SSSR count). The van der Waals surface area contributed by atoms with Crippen LogP contribution in [0.15, 0.2) is 12.7 Å². The van der Waals surface area contributed by atoms with Gasteiger partial charge in [-0.2, -0.15) is 0 Å². The maximum Gasteiger partial charge on any atom is 0.330 e. The molecule has 0 atom stereocenters. The second-order valence-corrected chi connectivity index (χ2v) is 3.57. The van der Waals surface area contributed by atoms with E-state index in [1.54, 1.807) is 0 Å². The van der Waals surface area contributed by atoms with Gasteiger partial charge in [-0.25, -0.2) is 4.79 Å². The van der Waals surface area contributed by atoms with E-state index in [1.807, 2.05) is 0 Å². The Morgan fingerprint density at radius 2 is 1.87 bits per heavy atom. The largest absolute Gasteiger partial charge is 0.462 e. The van der Waals surface area contributed by atoms with Gasteiger partial charge in [-0.05, 0) is 32.4 Å². The minimum Gasteiger partial charge on any atom is -0.462 e. The van der Waals surface area contributed by atoms with Gasteiger partial charge >= 0.3 is 5.97 Å². The summed E-state index contributed by atoms with van der Waals surface area (Å²) >= 11 is 0. The van der Waals surface area contributed by atoms with Gasteiger partial charge in [0.15, 0.2) is 0 Å². The monoisotopic (exact) mass is 213 g/mol. The first-order valence-electron chi connectivity index (χ1n) is 5.76. The van der Waals surface area contributed by atoms with E-state index in [9.17, 15) is 4.79 Å². The number of rotatable bonds is 9. The van der Waals surface area contributed by atoms with E-state index in [2.05, 4.69) is 25.3 Å². The van der Waals surface area contributed by atoms with E-state index in [0.29, 0.717) is 6.61 Å². The number of carbonyl (C=O) groups excluding carboxylic acids is 1. The van der Waals surface area contributed by atoms with Crippen molar-refractivity contribution in [2.45, 2.75) is 33.1 Å². The van der Waals surface area contributed by atoms with Gasteiger partial charge in [-0.15, -0.1) is 0 Å². The Bertz CT molecular complexity index is 174. The Kier molecular flexibility index (Phi) is 9.18. The van der Waals surface area contributed by atoms with Crippen LogP contribution in [0.4, 0.5) is 0 Å². The minimum absolute atomic E-state index is 0.326. The third-order valence-corrected chi connectivity index (χ3v) is 2.11. The van der Waals surface area contributed by atoms with Crippen LogP contribution in [0.5, 0.6) is 0 Å². The fourth-order valence-electron chi connectivity index (χ4n) is 1.49. The zero-order valence-corrected chi connectivity index (χ0v) is 10.00. The molecule has 0 heterocycles. The number of ether oxygens (including phenoxy) is 1. The molecular formula is C12H23NO2. The van der Waals surface area contributed by atoms with Crippen molar-refractivity contribution in [3.63, 3.8) is 0 Å². The first kappa shape index (κ1) is 14.2. The first-order chi connectivity index (χ1) is 7.24. The van der Waals surface area contributed by atoms with Crippen LogP contribution >= 0.6 is 0 Å². The number of carbonyl (C=O) groups is 1. The normalized spacial score (nSPS) is 10.3. The maximum absolute atomic E-state index is 10.8. The molecule has 3 nitrogen and oxygen atoms in total. The highest BCUT2D eigenvalue weighted by atomic mass is 16.5. The summed E-state index contributed by atoms with van der Waals surface area (Å²) in [6.07, 6.45) is 4.45. The zero-order chi connectivity index (χ0) is 11.5. The van der Waals surface area contributed by atoms with Gasteiger partial charge in [0, 0.05) is 12.6 Å². The topological polar surface area (TPSA) is 29.5 Å². The lowest BCUT2D eigenvalue weighted by Gasteiger charge is -2.20. The van der Waals surface area contributed by atoms with Crippen molar-refractivity contribution in [1.82, 2.24) is 4.90 Å². The van der Waals surface area contributed by atoms with Crippen LogP contribution < -0.4 is 0 Å². The molecule has 0 N–H and O–H groups in total. The molecule has 0 aromatic carbocycles. The van der Waals surface area contributed by atoms with E-state index in [1.165, 1.54) is 18.9 Å². The zero-order valence-electron chi connectivity index (χ0n) is 10.00. The molecule has 88 valence electrons. The van der Waals surface area contributed by atoms with Crippen LogP contribution in [-0.4, -0.2) is 37.1 Å². The summed E-state index contributed by atoms with van der Waals surface area (Å²) in [6, 6.07) is 0. The molecule has 0 amide bonds. The summed E-state index contributed by atoms with van der Waals surface area (Å²) < 4.78 is 4.91. The minimum atomic E-state index is -0.326. The van der Waals surface area contributed by atoms with Crippen molar-refractivity contribution < 1.29 is 9.53 Å². The summed E-state index contributed by atoms with van der Waals surface area (Å²) in [6.45, 7) is 11.5. The average molecular weight is 213 g/mol. The number of hydrogen-bond acceptors (Lipinski definition) is 3. The molecule has 0 saturated heterocycles. The second-order valence-electron chi connectivity index (χ2n) is 3.57. The van der Waals surface area contributed by atoms with Crippen LogP contribution in [0.3, 0.4) is 0 Å². The average Bonchev–Trinajstić information content (AvgIpc) is 2.24. The van der Waals surface area contributed by atoms with Crippen LogP contribution in [0.25, 0.3) is 0 Å². The molecule has 0 aliphatic rings. The molecule has 0 aromatic rings. The van der Waals surface area contributed by atoms with E-state index in [4.69, 9.17) is 4.74 Å². The van der Waals surface area contributed by atoms with Gasteiger partial charge in [0.05, 0.1) is 6.61 Å². The Balaban J connectivity index is 3.52. The van der Waals surface area contributed by atoms with Crippen molar-refractivity contribution in [2.75, 3.05) is 26.2 Å². The molecule has 0 aliphatic carbocycles. The SMILES string of the molecule is C=CC(=O)OCCCN(CCC)CCC. The Morgan fingerprint density at radius 3 is 2.33 bits per heavy atom. The lowest BCUT2D eigenvalue weighted by atomic mass is 10.3. The summed E-state index contributed by atoms with van der Waals surface area (Å²) in [5.74, 6) is -0.326. The molecule has 0 unspecified atom stereocenters. The highest BCUT2D eigenvalue weighted by Gasteiger charge is 2.02. The van der Waals surface area contributed by atoms with Crippen molar-refractivity contribution in [3.8, 4) is 0 Å². The molecule has 0 spiro atoms. The molecule has 3 heteroatoms. The van der Waals surface area contributed by atoms with E-state index in [-0.39, 0.29) is 5.97 Å². The number of nitrogens with zero attached hydrogens (tertiary/aromatic N) is 1. The molecule has 0 radical (unpaired) electrons. The molecule has 0 bridgehead atoms. The standard InChI is InChI=1S/C12H23NO2/c1-4-8-13(9-5-2)10-7-11-15-12(14)6-3/h6H,3-5,7-11H2,1-2H3. The maximum atomic E-state index is 10.8. The smallest absolute Gasteiger partial charge is 0.330 e. The van der Waals surface area contributed by atoms with Gasteiger partial charge in [-0.3, -0.25) is 0 Å². The van der Waals surface area contributed by atoms with Crippen molar-refractivity contribution in [1.29, 1.82) is 0 Å².